The highest BCUT2D eigenvalue weighted by atomic mass is 16.5. The molecule has 2 N–H and O–H groups in total. The number of ether oxygens (including phenoxy) is 1. The van der Waals surface area contributed by atoms with Crippen LogP contribution in [0.25, 0.3) is 39.1 Å². The molecule has 306 valence electrons. The zero-order valence-electron chi connectivity index (χ0n) is 36.9. The van der Waals surface area contributed by atoms with E-state index in [0.29, 0.717) is 0 Å². The van der Waals surface area contributed by atoms with Crippen molar-refractivity contribution in [2.75, 3.05) is 10.6 Å². The monoisotopic (exact) mass is 800 g/mol. The van der Waals surface area contributed by atoms with Crippen molar-refractivity contribution in [2.24, 2.45) is 0 Å². The van der Waals surface area contributed by atoms with Gasteiger partial charge in [0.2, 0.25) is 0 Å². The molecule has 61 heavy (non-hydrogen) atoms. The average molecular weight is 801 g/mol. The molecule has 5 nitrogen and oxygen atoms in total. The summed E-state index contributed by atoms with van der Waals surface area (Å²) in [6.45, 7) is 20.1. The van der Waals surface area contributed by atoms with Crippen molar-refractivity contribution in [3.8, 4) is 50.6 Å². The van der Waals surface area contributed by atoms with Gasteiger partial charge >= 0.3 is 0 Å². The van der Waals surface area contributed by atoms with E-state index < -0.39 is 0 Å². The number of hydrogen-bond donors (Lipinski definition) is 2. The van der Waals surface area contributed by atoms with Crippen LogP contribution in [0, 0.1) is 20.8 Å². The van der Waals surface area contributed by atoms with E-state index in [0.717, 1.165) is 78.9 Å². The van der Waals surface area contributed by atoms with Crippen LogP contribution in [-0.2, 0) is 10.8 Å². The van der Waals surface area contributed by atoms with Gasteiger partial charge in [0.15, 0.2) is 0 Å². The lowest BCUT2D eigenvalue weighted by atomic mass is 9.79. The fraction of sp³-hybridized carbons (Fsp3) is 0.196. The Kier molecular flexibility index (Phi) is 11.2. The Hall–Kier alpha value is -6.85. The van der Waals surface area contributed by atoms with Crippen molar-refractivity contribution >= 4 is 22.7 Å². The minimum Gasteiger partial charge on any atom is -0.457 e. The number of nitrogens with one attached hydrogen (secondary N) is 2. The zero-order valence-corrected chi connectivity index (χ0v) is 36.9. The van der Waals surface area contributed by atoms with Gasteiger partial charge in [-0.05, 0) is 106 Å². The predicted molar refractivity (Wildman–Crippen MR) is 257 cm³/mol. The molecule has 0 saturated carbocycles. The van der Waals surface area contributed by atoms with Crippen LogP contribution in [0.15, 0.2) is 164 Å². The van der Waals surface area contributed by atoms with Crippen molar-refractivity contribution < 1.29 is 4.74 Å². The van der Waals surface area contributed by atoms with E-state index in [2.05, 4.69) is 200 Å². The molecule has 0 saturated heterocycles. The molecule has 0 unspecified atom stereocenters. The van der Waals surface area contributed by atoms with E-state index in [9.17, 15) is 0 Å². The first-order valence-electron chi connectivity index (χ1n) is 21.2. The summed E-state index contributed by atoms with van der Waals surface area (Å²) >= 11 is 0. The van der Waals surface area contributed by atoms with Gasteiger partial charge in [-0.1, -0.05) is 156 Å². The van der Waals surface area contributed by atoms with Crippen molar-refractivity contribution in [3.05, 3.63) is 192 Å². The largest absolute Gasteiger partial charge is 0.457 e. The van der Waals surface area contributed by atoms with Gasteiger partial charge in [0, 0.05) is 40.8 Å². The number of aromatic nitrogens is 2. The molecule has 0 bridgehead atoms. The number of aryl methyl sites for hydroxylation is 3. The highest BCUT2D eigenvalue weighted by Crippen LogP contribution is 2.46. The predicted octanol–water partition coefficient (Wildman–Crippen LogP) is 15.7. The summed E-state index contributed by atoms with van der Waals surface area (Å²) in [4.78, 5) is 0. The molecule has 5 heteroatoms. The Morgan fingerprint density at radius 1 is 0.492 bits per heavy atom. The highest BCUT2D eigenvalue weighted by Gasteiger charge is 2.28. The maximum absolute atomic E-state index is 6.98. The molecule has 0 radical (unpaired) electrons. The quantitative estimate of drug-likeness (QED) is 0.145. The fourth-order valence-corrected chi connectivity index (χ4v) is 8.21. The van der Waals surface area contributed by atoms with Crippen LogP contribution in [0.1, 0.15) is 69.4 Å². The lowest BCUT2D eigenvalue weighted by Gasteiger charge is -2.30. The molecule has 0 fully saturated rings. The molecule has 0 aliphatic carbocycles. The minimum absolute atomic E-state index is 0.193. The van der Waals surface area contributed by atoms with Crippen LogP contribution >= 0.6 is 0 Å². The molecular formula is C56H56N4O. The minimum atomic E-state index is -0.205. The topological polar surface area (TPSA) is 51.1 Å². The van der Waals surface area contributed by atoms with Crippen LogP contribution in [0.4, 0.5) is 22.7 Å². The van der Waals surface area contributed by atoms with Crippen LogP contribution < -0.4 is 15.4 Å². The zero-order chi connectivity index (χ0) is 42.9. The first-order valence-corrected chi connectivity index (χ1v) is 21.2. The summed E-state index contributed by atoms with van der Waals surface area (Å²) in [7, 11) is 0. The molecule has 7 aromatic carbocycles. The SMILES string of the molecule is Cc1cc(C)c(Nc2cc(-c3ccccc3)c(-c3ccccc3)cc2Nc2cc(Oc3cccc(-n4cc(-c5ccccc5)cn4)c3)c(C(C)(C)C)cc2C(C)(C)C)c(C)c1. The van der Waals surface area contributed by atoms with Crippen molar-refractivity contribution in [2.45, 2.75) is 73.1 Å². The summed E-state index contributed by atoms with van der Waals surface area (Å²) in [5.74, 6) is 1.54. The summed E-state index contributed by atoms with van der Waals surface area (Å²) in [5.41, 5.74) is 17.3. The second-order valence-corrected chi connectivity index (χ2v) is 18.2. The molecule has 0 aliphatic rings. The van der Waals surface area contributed by atoms with Gasteiger partial charge in [-0.15, -0.1) is 0 Å². The van der Waals surface area contributed by atoms with Gasteiger partial charge in [-0.25, -0.2) is 4.68 Å². The molecule has 0 amide bonds. The van der Waals surface area contributed by atoms with Crippen LogP contribution in [0.5, 0.6) is 11.5 Å². The summed E-state index contributed by atoms with van der Waals surface area (Å²) < 4.78 is 8.89. The molecule has 0 atom stereocenters. The Labute approximate surface area is 362 Å². The van der Waals surface area contributed by atoms with E-state index >= 15 is 0 Å². The Morgan fingerprint density at radius 3 is 1.59 bits per heavy atom. The number of nitrogens with zero attached hydrogens (tertiary/aromatic N) is 2. The lowest BCUT2D eigenvalue weighted by molar-refractivity contribution is 0.453. The number of rotatable bonds is 10. The van der Waals surface area contributed by atoms with Crippen molar-refractivity contribution in [1.82, 2.24) is 9.78 Å². The molecule has 1 aromatic heterocycles. The number of hydrogen-bond acceptors (Lipinski definition) is 4. The van der Waals surface area contributed by atoms with E-state index in [1.54, 1.807) is 0 Å². The third kappa shape index (κ3) is 9.02. The molecule has 0 spiro atoms. The number of benzene rings is 7. The van der Waals surface area contributed by atoms with Crippen LogP contribution in [0.3, 0.4) is 0 Å². The molecule has 0 aliphatic heterocycles. The third-order valence-electron chi connectivity index (χ3n) is 11.3. The first-order chi connectivity index (χ1) is 29.2. The Balaban J connectivity index is 1.27. The van der Waals surface area contributed by atoms with Crippen molar-refractivity contribution in [1.29, 1.82) is 0 Å². The second-order valence-electron chi connectivity index (χ2n) is 18.2. The lowest BCUT2D eigenvalue weighted by Crippen LogP contribution is -2.19. The fourth-order valence-electron chi connectivity index (χ4n) is 8.21. The Morgan fingerprint density at radius 2 is 1.03 bits per heavy atom. The Bertz CT molecular complexity index is 2790. The second kappa shape index (κ2) is 16.7. The normalized spacial score (nSPS) is 11.7. The smallest absolute Gasteiger partial charge is 0.133 e. The molecular weight excluding hydrogens is 745 g/mol. The maximum atomic E-state index is 6.98. The number of anilines is 4. The molecule has 8 rings (SSSR count). The average Bonchev–Trinajstić information content (AvgIpc) is 3.74. The van der Waals surface area contributed by atoms with E-state index in [4.69, 9.17) is 9.84 Å². The standard InChI is InChI=1S/C56H56N4O/c1-37-28-38(2)54(39(3)29-37)59-52-32-47(42-24-17-12-18-25-42)46(41-22-15-11-16-23-41)31-51(52)58-50-34-53(49(56(7,8)9)33-48(50)55(4,5)6)61-45-27-19-26-44(30-45)60-36-43(35-57-60)40-20-13-10-14-21-40/h10-36,58-59H,1-9H3. The van der Waals surface area contributed by atoms with Gasteiger partial charge in [-0.3, -0.25) is 0 Å². The van der Waals surface area contributed by atoms with Crippen LogP contribution in [0.2, 0.25) is 0 Å². The molecule has 8 aromatic rings. The van der Waals surface area contributed by atoms with Gasteiger partial charge in [0.25, 0.3) is 0 Å². The summed E-state index contributed by atoms with van der Waals surface area (Å²) in [5, 5.41) is 12.7. The first kappa shape index (κ1) is 40.9. The van der Waals surface area contributed by atoms with Crippen molar-refractivity contribution in [3.63, 3.8) is 0 Å². The van der Waals surface area contributed by atoms with Gasteiger partial charge in [0.1, 0.15) is 11.5 Å². The highest BCUT2D eigenvalue weighted by molar-refractivity contribution is 5.94. The maximum Gasteiger partial charge on any atom is 0.133 e. The summed E-state index contributed by atoms with van der Waals surface area (Å²) in [6.07, 6.45) is 3.97. The van der Waals surface area contributed by atoms with E-state index in [1.165, 1.54) is 22.3 Å². The van der Waals surface area contributed by atoms with E-state index in [1.807, 2.05) is 41.2 Å². The van der Waals surface area contributed by atoms with Gasteiger partial charge in [-0.2, -0.15) is 5.10 Å². The third-order valence-corrected chi connectivity index (χ3v) is 11.3. The van der Waals surface area contributed by atoms with Gasteiger partial charge in [0.05, 0.1) is 23.3 Å². The molecule has 1 heterocycles. The van der Waals surface area contributed by atoms with Crippen LogP contribution in [-0.4, -0.2) is 9.78 Å². The van der Waals surface area contributed by atoms with E-state index in [-0.39, 0.29) is 10.8 Å². The summed E-state index contributed by atoms with van der Waals surface area (Å²) in [6, 6.07) is 53.5. The van der Waals surface area contributed by atoms with Gasteiger partial charge < -0.3 is 15.4 Å².